The van der Waals surface area contributed by atoms with Crippen molar-refractivity contribution in [1.29, 1.82) is 0 Å². The fourth-order valence-electron chi connectivity index (χ4n) is 1.04. The summed E-state index contributed by atoms with van der Waals surface area (Å²) in [6.45, 7) is 0. The smallest absolute Gasteiger partial charge is 0.170 e. The van der Waals surface area contributed by atoms with Crippen molar-refractivity contribution in [3.63, 3.8) is 0 Å². The Labute approximate surface area is 85.1 Å². The Morgan fingerprint density at radius 2 is 1.93 bits per heavy atom. The van der Waals surface area contributed by atoms with Crippen molar-refractivity contribution in [3.8, 4) is 0 Å². The summed E-state index contributed by atoms with van der Waals surface area (Å²) in [5.41, 5.74) is 4.12. The number of rotatable bonds is 3. The van der Waals surface area contributed by atoms with E-state index in [4.69, 9.17) is 4.74 Å². The summed E-state index contributed by atoms with van der Waals surface area (Å²) in [6, 6.07) is 9.93. The number of benzene rings is 1. The molecule has 0 fully saturated rings. The molecule has 0 saturated heterocycles. The molecule has 0 aliphatic rings. The average Bonchev–Trinajstić information content (AvgIpc) is 2.20. The molecule has 1 rings (SSSR count). The molecule has 0 atom stereocenters. The summed E-state index contributed by atoms with van der Waals surface area (Å²) < 4.78 is 5.23. The minimum absolute atomic E-state index is 0.749. The summed E-state index contributed by atoms with van der Waals surface area (Å²) in [6.07, 6.45) is 1.84. The van der Waals surface area contributed by atoms with Gasteiger partial charge in [0.25, 0.3) is 0 Å². The van der Waals surface area contributed by atoms with E-state index in [1.807, 2.05) is 55.5 Å². The molecule has 0 N–H and O–H groups in total. The van der Waals surface area contributed by atoms with Gasteiger partial charge in [-0.15, -0.1) is 0 Å². The van der Waals surface area contributed by atoms with E-state index >= 15 is 0 Å². The van der Waals surface area contributed by atoms with Crippen molar-refractivity contribution < 1.29 is 4.74 Å². The Kier molecular flexibility index (Phi) is 3.84. The first-order chi connectivity index (χ1) is 6.74. The zero-order chi connectivity index (χ0) is 10.4. The van der Waals surface area contributed by atoms with E-state index in [9.17, 15) is 0 Å². The van der Waals surface area contributed by atoms with E-state index in [-0.39, 0.29) is 0 Å². The summed E-state index contributed by atoms with van der Waals surface area (Å²) in [4.78, 5) is 1.92. The van der Waals surface area contributed by atoms with Crippen LogP contribution >= 0.6 is 0 Å². The molecule has 0 heterocycles. The Morgan fingerprint density at radius 1 is 1.29 bits per heavy atom. The van der Waals surface area contributed by atoms with Crippen molar-refractivity contribution in [1.82, 2.24) is 4.90 Å². The topological polar surface area (TPSA) is 12.5 Å². The predicted octanol–water partition coefficient (Wildman–Crippen LogP) is 2.35. The second-order valence-electron chi connectivity index (χ2n) is 3.14. The highest BCUT2D eigenvalue weighted by Crippen LogP contribution is 2.12. The molecule has 1 aromatic carbocycles. The van der Waals surface area contributed by atoms with Gasteiger partial charge in [-0.25, -0.2) is 0 Å². The zero-order valence-corrected chi connectivity index (χ0v) is 8.82. The highest BCUT2D eigenvalue weighted by atomic mass is 16.5. The van der Waals surface area contributed by atoms with Gasteiger partial charge in [0.1, 0.15) is 0 Å². The molecule has 0 radical (unpaired) electrons. The van der Waals surface area contributed by atoms with Crippen LogP contribution < -0.4 is 0 Å². The highest BCUT2D eigenvalue weighted by molar-refractivity contribution is 5.58. The third kappa shape index (κ3) is 3.00. The maximum Gasteiger partial charge on any atom is 0.170 e. The van der Waals surface area contributed by atoms with Crippen molar-refractivity contribution in [2.75, 3.05) is 21.2 Å². The number of methoxy groups -OCH3 is 1. The van der Waals surface area contributed by atoms with Crippen LogP contribution in [0.4, 0.5) is 0 Å². The van der Waals surface area contributed by atoms with Gasteiger partial charge in [0.15, 0.2) is 5.76 Å². The van der Waals surface area contributed by atoms with Crippen LogP contribution in [0.5, 0.6) is 0 Å². The van der Waals surface area contributed by atoms with Gasteiger partial charge in [0.05, 0.1) is 7.11 Å². The monoisotopic (exact) mass is 189 g/mol. The first-order valence-electron chi connectivity index (χ1n) is 4.46. The molecular formula is C12H15NO. The largest absolute Gasteiger partial charge is 0.489 e. The second kappa shape index (κ2) is 5.15. The number of hydrogen-bond acceptors (Lipinski definition) is 2. The number of hydrogen-bond donors (Lipinski definition) is 0. The molecule has 0 unspecified atom stereocenters. The molecule has 2 nitrogen and oxygen atoms in total. The van der Waals surface area contributed by atoms with Crippen LogP contribution in [0.1, 0.15) is 5.56 Å². The van der Waals surface area contributed by atoms with Crippen molar-refractivity contribution in [2.24, 2.45) is 0 Å². The molecule has 0 aliphatic heterocycles. The van der Waals surface area contributed by atoms with Gasteiger partial charge in [-0.05, 0) is 0 Å². The molecule has 0 bridgehead atoms. The number of nitrogens with zero attached hydrogens (tertiary/aromatic N) is 1. The molecule has 0 aliphatic carbocycles. The summed E-state index contributed by atoms with van der Waals surface area (Å²) >= 11 is 0. The van der Waals surface area contributed by atoms with Gasteiger partial charge in [0, 0.05) is 25.9 Å². The molecule has 14 heavy (non-hydrogen) atoms. The van der Waals surface area contributed by atoms with Crippen LogP contribution in [0.3, 0.4) is 0 Å². The molecule has 74 valence electrons. The van der Waals surface area contributed by atoms with E-state index in [0.29, 0.717) is 0 Å². The maximum atomic E-state index is 5.23. The van der Waals surface area contributed by atoms with Crippen LogP contribution in [0.15, 0.2) is 42.3 Å². The van der Waals surface area contributed by atoms with E-state index in [0.717, 1.165) is 11.3 Å². The van der Waals surface area contributed by atoms with Crippen LogP contribution in [0, 0.1) is 0 Å². The van der Waals surface area contributed by atoms with Gasteiger partial charge in [-0.2, -0.15) is 0 Å². The van der Waals surface area contributed by atoms with Gasteiger partial charge >= 0.3 is 0 Å². The van der Waals surface area contributed by atoms with Crippen molar-refractivity contribution in [3.05, 3.63) is 47.8 Å². The molecule has 0 amide bonds. The Balaban J connectivity index is 2.99. The number of ether oxygens (including phenoxy) is 1. The Bertz CT molecular complexity index is 335. The average molecular weight is 189 g/mol. The van der Waals surface area contributed by atoms with Crippen molar-refractivity contribution >= 4 is 5.76 Å². The molecule has 0 saturated carbocycles. The third-order valence-corrected chi connectivity index (χ3v) is 1.69. The molecule has 1 aromatic rings. The minimum atomic E-state index is 0.749. The first-order valence-corrected chi connectivity index (χ1v) is 4.46. The fraction of sp³-hybridized carbons (Fsp3) is 0.250. The first kappa shape index (κ1) is 10.4. The second-order valence-corrected chi connectivity index (χ2v) is 3.14. The van der Waals surface area contributed by atoms with Crippen LogP contribution in [-0.2, 0) is 4.74 Å². The summed E-state index contributed by atoms with van der Waals surface area (Å²) in [5, 5.41) is 0. The molecular weight excluding hydrogens is 174 g/mol. The normalized spacial score (nSPS) is 8.79. The quantitative estimate of drug-likeness (QED) is 0.534. The van der Waals surface area contributed by atoms with E-state index < -0.39 is 0 Å². The third-order valence-electron chi connectivity index (χ3n) is 1.69. The van der Waals surface area contributed by atoms with Gasteiger partial charge in [0.2, 0.25) is 0 Å². The highest BCUT2D eigenvalue weighted by Gasteiger charge is 1.96. The lowest BCUT2D eigenvalue weighted by atomic mass is 10.2. The van der Waals surface area contributed by atoms with Gasteiger partial charge in [-0.1, -0.05) is 36.1 Å². The van der Waals surface area contributed by atoms with E-state index in [1.54, 1.807) is 7.11 Å². The molecule has 2 heteroatoms. The van der Waals surface area contributed by atoms with Crippen LogP contribution in [0.25, 0.3) is 5.76 Å². The fourth-order valence-corrected chi connectivity index (χ4v) is 1.04. The van der Waals surface area contributed by atoms with Crippen molar-refractivity contribution in [2.45, 2.75) is 0 Å². The lowest BCUT2D eigenvalue weighted by Gasteiger charge is -2.04. The Morgan fingerprint density at radius 3 is 2.43 bits per heavy atom. The van der Waals surface area contributed by atoms with Gasteiger partial charge in [-0.3, -0.25) is 0 Å². The predicted molar refractivity (Wildman–Crippen MR) is 58.6 cm³/mol. The van der Waals surface area contributed by atoms with Crippen LogP contribution in [-0.4, -0.2) is 26.1 Å². The summed E-state index contributed by atoms with van der Waals surface area (Å²) in [5.74, 6) is 0.749. The molecule has 0 aromatic heterocycles. The van der Waals surface area contributed by atoms with Gasteiger partial charge < -0.3 is 9.64 Å². The maximum absolute atomic E-state index is 5.23. The summed E-state index contributed by atoms with van der Waals surface area (Å²) in [7, 11) is 5.55. The lowest BCUT2D eigenvalue weighted by molar-refractivity contribution is 0.370. The zero-order valence-electron chi connectivity index (χ0n) is 8.82. The lowest BCUT2D eigenvalue weighted by Crippen LogP contribution is -1.99. The van der Waals surface area contributed by atoms with E-state index in [2.05, 4.69) is 5.73 Å². The van der Waals surface area contributed by atoms with E-state index in [1.165, 1.54) is 0 Å². The Hall–Kier alpha value is -1.66. The van der Waals surface area contributed by atoms with Crippen LogP contribution in [0.2, 0.25) is 0 Å². The standard InChI is InChI=1S/C12H15NO/c1-13(2)10-9-12(14-3)11-7-5-4-6-8-11/h4-8,10H,1-3H3. The molecule has 0 spiro atoms. The SMILES string of the molecule is COC(=C=CN(C)C)c1ccccc1. The minimum Gasteiger partial charge on any atom is -0.489 e.